The van der Waals surface area contributed by atoms with Gasteiger partial charge in [0, 0.05) is 48.0 Å². The first-order valence-electron chi connectivity index (χ1n) is 9.20. The van der Waals surface area contributed by atoms with Crippen LogP contribution in [0.15, 0.2) is 67.0 Å². The molecule has 0 bridgehead atoms. The molecule has 3 heteroatoms. The van der Waals surface area contributed by atoms with E-state index in [2.05, 4.69) is 83.9 Å². The number of aromatic amines is 1. The van der Waals surface area contributed by atoms with E-state index in [1.54, 1.807) is 0 Å². The Morgan fingerprint density at radius 1 is 1.19 bits per heavy atom. The van der Waals surface area contributed by atoms with E-state index in [0.29, 0.717) is 0 Å². The van der Waals surface area contributed by atoms with Crippen molar-refractivity contribution in [3.63, 3.8) is 0 Å². The normalized spacial score (nSPS) is 13.0. The van der Waals surface area contributed by atoms with Crippen LogP contribution in [-0.2, 0) is 12.8 Å². The zero-order valence-electron chi connectivity index (χ0n) is 15.2. The first kappa shape index (κ1) is 16.5. The maximum absolute atomic E-state index is 4.23. The summed E-state index contributed by atoms with van der Waals surface area (Å²) in [5.74, 6) is 0. The Bertz CT molecular complexity index is 978. The van der Waals surface area contributed by atoms with Crippen LogP contribution in [0.25, 0.3) is 16.6 Å². The van der Waals surface area contributed by atoms with Crippen LogP contribution >= 0.6 is 0 Å². The molecule has 0 saturated carbocycles. The number of fused-ring (bicyclic) bond motifs is 1. The van der Waals surface area contributed by atoms with E-state index in [1.165, 1.54) is 33.3 Å². The number of hydrogen-bond donors (Lipinski definition) is 3. The first-order valence-corrected chi connectivity index (χ1v) is 9.20. The Kier molecular flexibility index (Phi) is 4.53. The minimum atomic E-state index is 0.872. The Labute approximate surface area is 154 Å². The average Bonchev–Trinajstić information content (AvgIpc) is 3.00. The van der Waals surface area contributed by atoms with Crippen LogP contribution in [0, 0.1) is 6.92 Å². The zero-order valence-corrected chi connectivity index (χ0v) is 15.2. The molecule has 0 unspecified atom stereocenters. The number of hydrogen-bond acceptors (Lipinski definition) is 2. The summed E-state index contributed by atoms with van der Waals surface area (Å²) in [7, 11) is 0. The van der Waals surface area contributed by atoms with Gasteiger partial charge < -0.3 is 15.6 Å². The number of benzene rings is 2. The van der Waals surface area contributed by atoms with Gasteiger partial charge in [0.05, 0.1) is 0 Å². The second-order valence-electron chi connectivity index (χ2n) is 7.01. The maximum Gasteiger partial charge on any atom is 0.0456 e. The Morgan fingerprint density at radius 3 is 2.88 bits per heavy atom. The number of H-pyrrole nitrogens is 1. The highest BCUT2D eigenvalue weighted by molar-refractivity contribution is 5.83. The van der Waals surface area contributed by atoms with Crippen molar-refractivity contribution in [2.75, 3.05) is 13.1 Å². The van der Waals surface area contributed by atoms with Gasteiger partial charge in [-0.15, -0.1) is 0 Å². The third-order valence-electron chi connectivity index (χ3n) is 5.00. The molecule has 1 aliphatic rings. The molecule has 2 aromatic carbocycles. The van der Waals surface area contributed by atoms with Crippen LogP contribution in [0.3, 0.4) is 0 Å². The van der Waals surface area contributed by atoms with E-state index in [-0.39, 0.29) is 0 Å². The lowest BCUT2D eigenvalue weighted by molar-refractivity contribution is 0.772. The van der Waals surface area contributed by atoms with Crippen molar-refractivity contribution in [1.29, 1.82) is 0 Å². The van der Waals surface area contributed by atoms with Crippen molar-refractivity contribution >= 4 is 16.6 Å². The van der Waals surface area contributed by atoms with Gasteiger partial charge in [-0.25, -0.2) is 0 Å². The van der Waals surface area contributed by atoms with Gasteiger partial charge in [-0.3, -0.25) is 0 Å². The van der Waals surface area contributed by atoms with Crippen molar-refractivity contribution in [3.8, 4) is 0 Å². The van der Waals surface area contributed by atoms with E-state index in [4.69, 9.17) is 0 Å². The molecule has 1 aromatic heterocycles. The first-order chi connectivity index (χ1) is 12.7. The van der Waals surface area contributed by atoms with E-state index in [1.807, 2.05) is 0 Å². The predicted octanol–water partition coefficient (Wildman–Crippen LogP) is 4.31. The van der Waals surface area contributed by atoms with E-state index in [9.17, 15) is 0 Å². The van der Waals surface area contributed by atoms with Crippen molar-refractivity contribution in [3.05, 3.63) is 89.3 Å². The molecule has 0 amide bonds. The van der Waals surface area contributed by atoms with Gasteiger partial charge in [-0.2, -0.15) is 0 Å². The highest BCUT2D eigenvalue weighted by Crippen LogP contribution is 2.20. The van der Waals surface area contributed by atoms with Crippen LogP contribution in [-0.4, -0.2) is 18.1 Å². The third-order valence-corrected chi connectivity index (χ3v) is 5.00. The largest absolute Gasteiger partial charge is 0.385 e. The smallest absolute Gasteiger partial charge is 0.0456 e. The summed E-state index contributed by atoms with van der Waals surface area (Å²) < 4.78 is 0. The minimum absolute atomic E-state index is 0.872. The summed E-state index contributed by atoms with van der Waals surface area (Å²) in [6.45, 7) is 8.23. The highest BCUT2D eigenvalue weighted by atomic mass is 14.9. The quantitative estimate of drug-likeness (QED) is 0.598. The second kappa shape index (κ2) is 7.12. The van der Waals surface area contributed by atoms with Crippen molar-refractivity contribution in [2.45, 2.75) is 19.8 Å². The number of aryl methyl sites for hydroxylation is 1. The van der Waals surface area contributed by atoms with Crippen LogP contribution in [0.2, 0.25) is 0 Å². The second-order valence-corrected chi connectivity index (χ2v) is 7.01. The van der Waals surface area contributed by atoms with Gasteiger partial charge in [0.15, 0.2) is 0 Å². The Balaban J connectivity index is 1.37. The summed E-state index contributed by atoms with van der Waals surface area (Å²) in [6, 6.07) is 15.2. The fourth-order valence-corrected chi connectivity index (χ4v) is 3.42. The summed E-state index contributed by atoms with van der Waals surface area (Å²) in [4.78, 5) is 3.36. The number of allylic oxidation sites excluding steroid dienone is 1. The van der Waals surface area contributed by atoms with Crippen LogP contribution < -0.4 is 10.6 Å². The molecule has 132 valence electrons. The molecule has 1 aliphatic heterocycles. The molecule has 26 heavy (non-hydrogen) atoms. The molecule has 0 fully saturated rings. The fraction of sp³-hybridized carbons (Fsp3) is 0.217. The molecule has 3 aromatic rings. The molecule has 4 rings (SSSR count). The van der Waals surface area contributed by atoms with Crippen molar-refractivity contribution < 1.29 is 0 Å². The lowest BCUT2D eigenvalue weighted by Gasteiger charge is -2.18. The van der Waals surface area contributed by atoms with Gasteiger partial charge in [-0.1, -0.05) is 36.4 Å². The molecular weight excluding hydrogens is 318 g/mol. The van der Waals surface area contributed by atoms with Gasteiger partial charge in [0.2, 0.25) is 0 Å². The monoisotopic (exact) mass is 343 g/mol. The lowest BCUT2D eigenvalue weighted by atomic mass is 10.0. The Hall–Kier alpha value is -2.94. The van der Waals surface area contributed by atoms with Gasteiger partial charge in [0.1, 0.15) is 0 Å². The molecule has 3 N–H and O–H groups in total. The van der Waals surface area contributed by atoms with Crippen molar-refractivity contribution in [2.24, 2.45) is 0 Å². The molecule has 0 saturated heterocycles. The molecule has 2 heterocycles. The topological polar surface area (TPSA) is 39.9 Å². The van der Waals surface area contributed by atoms with Gasteiger partial charge in [0.25, 0.3) is 0 Å². The highest BCUT2D eigenvalue weighted by Gasteiger charge is 2.07. The van der Waals surface area contributed by atoms with Crippen LogP contribution in [0.1, 0.15) is 22.3 Å². The molecule has 3 nitrogen and oxygen atoms in total. The zero-order chi connectivity index (χ0) is 17.9. The number of rotatable bonds is 7. The SMILES string of the molecule is C=C(NCCc1c[nH]c2ccc(C)cc12)c1cccc(CC2=CCN2)c1. The lowest BCUT2D eigenvalue weighted by Crippen LogP contribution is -2.25. The van der Waals surface area contributed by atoms with Gasteiger partial charge in [-0.05, 0) is 54.3 Å². The minimum Gasteiger partial charge on any atom is -0.385 e. The van der Waals surface area contributed by atoms with Crippen LogP contribution in [0.5, 0.6) is 0 Å². The molecular formula is C23H25N3. The van der Waals surface area contributed by atoms with E-state index < -0.39 is 0 Å². The fourth-order valence-electron chi connectivity index (χ4n) is 3.42. The molecule has 0 spiro atoms. The average molecular weight is 343 g/mol. The summed E-state index contributed by atoms with van der Waals surface area (Å²) in [5.41, 5.74) is 8.63. The molecule has 0 radical (unpaired) electrons. The maximum atomic E-state index is 4.23. The van der Waals surface area contributed by atoms with Gasteiger partial charge >= 0.3 is 0 Å². The Morgan fingerprint density at radius 2 is 2.08 bits per heavy atom. The summed E-state index contributed by atoms with van der Waals surface area (Å²) >= 11 is 0. The predicted molar refractivity (Wildman–Crippen MR) is 110 cm³/mol. The van der Waals surface area contributed by atoms with E-state index >= 15 is 0 Å². The summed E-state index contributed by atoms with van der Waals surface area (Å²) in [6.07, 6.45) is 6.30. The molecule has 0 atom stereocenters. The standard InChI is InChI=1S/C23H25N3/c1-16-6-7-23-22(12-16)20(15-26-23)8-10-24-17(2)19-5-3-4-18(13-19)14-21-9-11-25-21/h3-7,9,12-13,15,24-26H,2,8,10-11,14H2,1H3. The molecule has 0 aliphatic carbocycles. The number of aromatic nitrogens is 1. The van der Waals surface area contributed by atoms with E-state index in [0.717, 1.165) is 37.2 Å². The number of nitrogens with one attached hydrogen (secondary N) is 3. The summed E-state index contributed by atoms with van der Waals surface area (Å²) in [5, 5.41) is 8.14. The van der Waals surface area contributed by atoms with Crippen molar-refractivity contribution in [1.82, 2.24) is 15.6 Å². The van der Waals surface area contributed by atoms with Crippen LogP contribution in [0.4, 0.5) is 0 Å². The third kappa shape index (κ3) is 3.52.